The Hall–Kier alpha value is -0.590. The summed E-state index contributed by atoms with van der Waals surface area (Å²) in [4.78, 5) is 0. The second-order valence-corrected chi connectivity index (χ2v) is 8.36. The van der Waals surface area contributed by atoms with Gasteiger partial charge >= 0.3 is 0 Å². The first kappa shape index (κ1) is 16.8. The summed E-state index contributed by atoms with van der Waals surface area (Å²) in [5.74, 6) is 0.930. The predicted molar refractivity (Wildman–Crippen MR) is 91.7 cm³/mol. The second-order valence-electron chi connectivity index (χ2n) is 7.09. The normalized spacial score (nSPS) is 21.6. The lowest BCUT2D eigenvalue weighted by atomic mass is 9.88. The molecule has 0 amide bonds. The maximum atomic E-state index is 5.90. The molecule has 0 saturated carbocycles. The molecule has 118 valence electrons. The summed E-state index contributed by atoms with van der Waals surface area (Å²) in [5.41, 5.74) is 2.46. The lowest BCUT2D eigenvalue weighted by Gasteiger charge is -2.26. The van der Waals surface area contributed by atoms with Crippen molar-refractivity contribution in [1.29, 1.82) is 0 Å². The molecule has 1 aromatic rings. The van der Waals surface area contributed by atoms with E-state index in [4.69, 9.17) is 9.47 Å². The average molecular weight is 308 g/mol. The molecule has 0 N–H and O–H groups in total. The molecule has 1 aromatic carbocycles. The average Bonchev–Trinajstić information content (AvgIpc) is 2.46. The summed E-state index contributed by atoms with van der Waals surface area (Å²) in [6, 6.07) is 8.66. The van der Waals surface area contributed by atoms with Gasteiger partial charge in [0.25, 0.3) is 0 Å². The molecule has 0 spiro atoms. The summed E-state index contributed by atoms with van der Waals surface area (Å²) in [6.07, 6.45) is 4.54. The number of benzene rings is 1. The van der Waals surface area contributed by atoms with E-state index in [1.165, 1.54) is 18.4 Å². The van der Waals surface area contributed by atoms with Crippen LogP contribution < -0.4 is 4.74 Å². The molecule has 1 aliphatic heterocycles. The van der Waals surface area contributed by atoms with Gasteiger partial charge in [-0.25, -0.2) is 0 Å². The van der Waals surface area contributed by atoms with E-state index in [-0.39, 0.29) is 6.29 Å². The van der Waals surface area contributed by atoms with Crippen LogP contribution in [0.5, 0.6) is 5.75 Å². The fraction of sp³-hybridized carbons (Fsp3) is 0.667. The van der Waals surface area contributed by atoms with E-state index in [9.17, 15) is 0 Å². The second kappa shape index (κ2) is 7.61. The fourth-order valence-corrected chi connectivity index (χ4v) is 4.08. The van der Waals surface area contributed by atoms with Crippen LogP contribution in [0.15, 0.2) is 24.3 Å². The van der Waals surface area contributed by atoms with Gasteiger partial charge in [0.2, 0.25) is 0 Å². The van der Waals surface area contributed by atoms with E-state index in [1.807, 2.05) is 0 Å². The molecule has 2 rings (SSSR count). The smallest absolute Gasteiger partial charge is 0.199 e. The molecule has 0 bridgehead atoms. The Balaban J connectivity index is 1.96. The van der Waals surface area contributed by atoms with Gasteiger partial charge in [0.15, 0.2) is 6.29 Å². The first-order valence-corrected chi connectivity index (χ1v) is 9.61. The maximum absolute atomic E-state index is 5.90. The van der Waals surface area contributed by atoms with Gasteiger partial charge in [-0.2, -0.15) is 0 Å². The summed E-state index contributed by atoms with van der Waals surface area (Å²) in [6.45, 7) is 10.1. The monoisotopic (exact) mass is 308 g/mol. The molecule has 0 aliphatic carbocycles. The van der Waals surface area contributed by atoms with Crippen LogP contribution in [0.25, 0.3) is 0 Å². The SMILES string of the molecule is CPC(CC(C)(C)C)c1ccc(OC2CCCCO2)cc1. The van der Waals surface area contributed by atoms with Gasteiger partial charge in [0.05, 0.1) is 6.61 Å². The molecule has 3 unspecified atom stereocenters. The first-order chi connectivity index (χ1) is 9.98. The minimum Gasteiger partial charge on any atom is -0.465 e. The molecule has 21 heavy (non-hydrogen) atoms. The van der Waals surface area contributed by atoms with Crippen molar-refractivity contribution in [3.63, 3.8) is 0 Å². The molecule has 0 aromatic heterocycles. The van der Waals surface area contributed by atoms with Crippen LogP contribution in [-0.4, -0.2) is 19.6 Å². The zero-order chi connectivity index (χ0) is 15.3. The van der Waals surface area contributed by atoms with Crippen molar-refractivity contribution in [1.82, 2.24) is 0 Å². The van der Waals surface area contributed by atoms with Crippen molar-refractivity contribution in [3.8, 4) is 5.75 Å². The van der Waals surface area contributed by atoms with Crippen molar-refractivity contribution in [2.75, 3.05) is 13.3 Å². The zero-order valence-corrected chi connectivity index (χ0v) is 14.8. The van der Waals surface area contributed by atoms with Crippen molar-refractivity contribution < 1.29 is 9.47 Å². The highest BCUT2D eigenvalue weighted by Crippen LogP contribution is 2.41. The standard InChI is InChI=1S/C18H29O2P/c1-18(2,3)13-16(21-4)14-8-10-15(11-9-14)20-17-7-5-6-12-19-17/h8-11,16-17,21H,5-7,12-13H2,1-4H3. The quantitative estimate of drug-likeness (QED) is 0.680. The number of hydrogen-bond donors (Lipinski definition) is 0. The Bertz CT molecular complexity index is 416. The highest BCUT2D eigenvalue weighted by molar-refractivity contribution is 7.37. The van der Waals surface area contributed by atoms with Crippen LogP contribution in [0, 0.1) is 5.41 Å². The Morgan fingerprint density at radius 1 is 1.24 bits per heavy atom. The summed E-state index contributed by atoms with van der Waals surface area (Å²) >= 11 is 0. The predicted octanol–water partition coefficient (Wildman–Crippen LogP) is 5.38. The van der Waals surface area contributed by atoms with Gasteiger partial charge in [-0.3, -0.25) is 0 Å². The zero-order valence-electron chi connectivity index (χ0n) is 13.8. The van der Waals surface area contributed by atoms with Gasteiger partial charge in [0.1, 0.15) is 5.75 Å². The van der Waals surface area contributed by atoms with Gasteiger partial charge in [-0.05, 0) is 49.0 Å². The number of rotatable bonds is 5. The van der Waals surface area contributed by atoms with Crippen molar-refractivity contribution in [2.24, 2.45) is 5.41 Å². The van der Waals surface area contributed by atoms with Crippen molar-refractivity contribution in [3.05, 3.63) is 29.8 Å². The van der Waals surface area contributed by atoms with E-state index in [2.05, 4.69) is 51.7 Å². The third-order valence-electron chi connectivity index (χ3n) is 3.85. The van der Waals surface area contributed by atoms with Gasteiger partial charge in [-0.15, -0.1) is 8.58 Å². The van der Waals surface area contributed by atoms with Crippen molar-refractivity contribution in [2.45, 2.75) is 58.4 Å². The molecule has 1 aliphatic rings. The summed E-state index contributed by atoms with van der Waals surface area (Å²) in [5, 5.41) is 0. The van der Waals surface area contributed by atoms with E-state index < -0.39 is 0 Å². The molecule has 2 nitrogen and oxygen atoms in total. The third kappa shape index (κ3) is 5.60. The van der Waals surface area contributed by atoms with Crippen LogP contribution in [0.3, 0.4) is 0 Å². The Morgan fingerprint density at radius 3 is 2.48 bits per heavy atom. The van der Waals surface area contributed by atoms with Crippen LogP contribution >= 0.6 is 8.58 Å². The first-order valence-electron chi connectivity index (χ1n) is 8.03. The van der Waals surface area contributed by atoms with E-state index >= 15 is 0 Å². The van der Waals surface area contributed by atoms with Crippen LogP contribution in [0.2, 0.25) is 0 Å². The van der Waals surface area contributed by atoms with Gasteiger partial charge in [-0.1, -0.05) is 32.9 Å². The maximum Gasteiger partial charge on any atom is 0.199 e. The van der Waals surface area contributed by atoms with E-state index in [0.29, 0.717) is 11.1 Å². The number of hydrogen-bond acceptors (Lipinski definition) is 2. The lowest BCUT2D eigenvalue weighted by molar-refractivity contribution is -0.105. The van der Waals surface area contributed by atoms with Gasteiger partial charge < -0.3 is 9.47 Å². The Kier molecular flexibility index (Phi) is 6.08. The molecule has 1 heterocycles. The largest absolute Gasteiger partial charge is 0.465 e. The highest BCUT2D eigenvalue weighted by Gasteiger charge is 2.19. The Labute approximate surface area is 131 Å². The molecular weight excluding hydrogens is 279 g/mol. The molecule has 0 radical (unpaired) electrons. The number of ether oxygens (including phenoxy) is 2. The van der Waals surface area contributed by atoms with Crippen LogP contribution in [0.4, 0.5) is 0 Å². The van der Waals surface area contributed by atoms with Crippen LogP contribution in [0.1, 0.15) is 57.7 Å². The molecule has 3 heteroatoms. The molecule has 1 fully saturated rings. The fourth-order valence-electron chi connectivity index (χ4n) is 2.73. The Morgan fingerprint density at radius 2 is 1.95 bits per heavy atom. The topological polar surface area (TPSA) is 18.5 Å². The van der Waals surface area contributed by atoms with Crippen LogP contribution in [-0.2, 0) is 4.74 Å². The minimum absolute atomic E-state index is 0.0528. The lowest BCUT2D eigenvalue weighted by Crippen LogP contribution is -2.24. The van der Waals surface area contributed by atoms with E-state index in [0.717, 1.165) is 33.8 Å². The van der Waals surface area contributed by atoms with Crippen molar-refractivity contribution >= 4 is 8.58 Å². The molecular formula is C18H29O2P. The molecule has 3 atom stereocenters. The van der Waals surface area contributed by atoms with E-state index in [1.54, 1.807) is 0 Å². The third-order valence-corrected chi connectivity index (χ3v) is 5.09. The summed E-state index contributed by atoms with van der Waals surface area (Å²) in [7, 11) is 0.936. The molecule has 1 saturated heterocycles. The van der Waals surface area contributed by atoms with Gasteiger partial charge in [0, 0.05) is 12.1 Å². The highest BCUT2D eigenvalue weighted by atomic mass is 31.1. The minimum atomic E-state index is -0.0528. The summed E-state index contributed by atoms with van der Waals surface area (Å²) < 4.78 is 11.5.